The van der Waals surface area contributed by atoms with Crippen molar-refractivity contribution in [1.29, 1.82) is 0 Å². The molecule has 7 rings (SSSR count). The average molecular weight is 585 g/mol. The number of hydrogen-bond acceptors (Lipinski definition) is 7. The van der Waals surface area contributed by atoms with Crippen LogP contribution in [-0.2, 0) is 11.3 Å². The van der Waals surface area contributed by atoms with Crippen molar-refractivity contribution in [3.8, 4) is 11.3 Å². The Morgan fingerprint density at radius 1 is 1.10 bits per heavy atom. The second kappa shape index (κ2) is 10.1. The molecule has 4 aromatic rings. The van der Waals surface area contributed by atoms with E-state index in [4.69, 9.17) is 37.4 Å². The zero-order chi connectivity index (χ0) is 26.7. The Balaban J connectivity index is 1.05. The van der Waals surface area contributed by atoms with Gasteiger partial charge in [-0.3, -0.25) is 0 Å². The summed E-state index contributed by atoms with van der Waals surface area (Å²) in [5, 5.41) is 15.8. The smallest absolute Gasteiger partial charge is 0.335 e. The summed E-state index contributed by atoms with van der Waals surface area (Å²) in [6.07, 6.45) is 5.50. The van der Waals surface area contributed by atoms with Crippen LogP contribution < -0.4 is 4.90 Å². The molecular formula is C29H27Cl2N3O4S. The van der Waals surface area contributed by atoms with E-state index < -0.39 is 5.97 Å². The number of aromatic nitrogens is 2. The van der Waals surface area contributed by atoms with Gasteiger partial charge < -0.3 is 19.3 Å². The molecule has 0 spiro atoms. The first kappa shape index (κ1) is 25.3. The van der Waals surface area contributed by atoms with Crippen LogP contribution in [0.2, 0.25) is 10.0 Å². The molecule has 0 bridgehead atoms. The van der Waals surface area contributed by atoms with E-state index in [0.29, 0.717) is 51.2 Å². The lowest BCUT2D eigenvalue weighted by atomic mass is 9.80. The molecule has 3 atom stereocenters. The van der Waals surface area contributed by atoms with E-state index in [1.807, 2.05) is 18.2 Å². The number of rotatable bonds is 7. The van der Waals surface area contributed by atoms with Gasteiger partial charge in [0.05, 0.1) is 38.5 Å². The molecule has 2 saturated carbocycles. The zero-order valence-electron chi connectivity index (χ0n) is 21.1. The van der Waals surface area contributed by atoms with Crippen molar-refractivity contribution in [3.63, 3.8) is 0 Å². The van der Waals surface area contributed by atoms with Crippen LogP contribution in [0.25, 0.3) is 21.5 Å². The van der Waals surface area contributed by atoms with E-state index >= 15 is 0 Å². The maximum Gasteiger partial charge on any atom is 0.335 e. The number of hydrogen-bond donors (Lipinski definition) is 1. The van der Waals surface area contributed by atoms with E-state index in [9.17, 15) is 9.90 Å². The van der Waals surface area contributed by atoms with Crippen LogP contribution in [0.5, 0.6) is 0 Å². The maximum absolute atomic E-state index is 11.4. The molecule has 1 saturated heterocycles. The fraction of sp³-hybridized carbons (Fsp3) is 0.414. The van der Waals surface area contributed by atoms with Gasteiger partial charge in [0.15, 0.2) is 5.13 Å². The quantitative estimate of drug-likeness (QED) is 0.239. The number of thiazole rings is 1. The van der Waals surface area contributed by atoms with Gasteiger partial charge in [0.2, 0.25) is 0 Å². The van der Waals surface area contributed by atoms with Crippen molar-refractivity contribution in [3.05, 3.63) is 63.3 Å². The van der Waals surface area contributed by atoms with Gasteiger partial charge in [-0.15, -0.1) is 0 Å². The highest BCUT2D eigenvalue weighted by atomic mass is 35.5. The molecule has 39 heavy (non-hydrogen) atoms. The fourth-order valence-corrected chi connectivity index (χ4v) is 7.73. The van der Waals surface area contributed by atoms with E-state index in [1.165, 1.54) is 0 Å². The molecule has 1 aliphatic heterocycles. The Hall–Kier alpha value is -2.65. The van der Waals surface area contributed by atoms with Gasteiger partial charge in [-0.05, 0) is 74.3 Å². The molecule has 2 aliphatic carbocycles. The first-order valence-corrected chi connectivity index (χ1v) is 14.9. The highest BCUT2D eigenvalue weighted by Crippen LogP contribution is 2.47. The number of aromatic carboxylic acids is 1. The molecule has 3 fully saturated rings. The summed E-state index contributed by atoms with van der Waals surface area (Å²) in [6.45, 7) is 2.36. The topological polar surface area (TPSA) is 88.7 Å². The van der Waals surface area contributed by atoms with Gasteiger partial charge in [0, 0.05) is 30.1 Å². The third-order valence-electron chi connectivity index (χ3n) is 8.33. The minimum Gasteiger partial charge on any atom is -0.478 e. The minimum atomic E-state index is -0.914. The minimum absolute atomic E-state index is 0.163. The largest absolute Gasteiger partial charge is 0.478 e. The normalized spacial score (nSPS) is 22.9. The second-order valence-electron chi connectivity index (χ2n) is 10.9. The summed E-state index contributed by atoms with van der Waals surface area (Å²) in [7, 11) is 0. The molecule has 3 aliphatic rings. The number of ether oxygens (including phenoxy) is 1. The molecule has 2 aromatic carbocycles. The van der Waals surface area contributed by atoms with Crippen LogP contribution in [0, 0.1) is 11.8 Å². The Labute approximate surface area is 239 Å². The van der Waals surface area contributed by atoms with Crippen LogP contribution in [0.3, 0.4) is 0 Å². The first-order valence-electron chi connectivity index (χ1n) is 13.4. The van der Waals surface area contributed by atoms with E-state index in [1.54, 1.807) is 29.5 Å². The van der Waals surface area contributed by atoms with Crippen LogP contribution in [-0.4, -0.2) is 40.4 Å². The van der Waals surface area contributed by atoms with Crippen molar-refractivity contribution in [2.24, 2.45) is 11.8 Å². The molecule has 0 radical (unpaired) electrons. The lowest BCUT2D eigenvalue weighted by Gasteiger charge is -2.30. The zero-order valence-corrected chi connectivity index (χ0v) is 23.4. The maximum atomic E-state index is 11.4. The molecule has 0 amide bonds. The number of carbonyl (C=O) groups is 1. The Bertz CT molecular complexity index is 1550. The number of fused-ring (bicyclic) bond motifs is 2. The van der Waals surface area contributed by atoms with Crippen molar-refractivity contribution in [1.82, 2.24) is 10.1 Å². The fourth-order valence-electron chi connectivity index (χ4n) is 6.13. The van der Waals surface area contributed by atoms with Gasteiger partial charge in [-0.1, -0.05) is 45.8 Å². The van der Waals surface area contributed by atoms with Gasteiger partial charge in [0.25, 0.3) is 0 Å². The highest BCUT2D eigenvalue weighted by Gasteiger charge is 2.40. The predicted molar refractivity (Wildman–Crippen MR) is 152 cm³/mol. The second-order valence-corrected chi connectivity index (χ2v) is 12.7. The standard InChI is InChI=1S/C29H27Cl2N3O4S/c30-21-2-1-3-22(31)25(21)26-20(27(38-33-26)15-4-5-15)14-37-19-8-6-17-12-34(13-18(17)10-19)29-32-23-9-7-16(28(35)36)11-24(23)39-29/h1-3,7,9,11,15,17-19H,4-6,8,10,12-14H2,(H,35,36). The first-order chi connectivity index (χ1) is 18.9. The molecule has 7 nitrogen and oxygen atoms in total. The summed E-state index contributed by atoms with van der Waals surface area (Å²) >= 11 is 14.6. The summed E-state index contributed by atoms with van der Waals surface area (Å²) < 4.78 is 13.3. The number of carboxylic acid groups (broad SMARTS) is 1. The van der Waals surface area contributed by atoms with Gasteiger partial charge in [-0.25, -0.2) is 9.78 Å². The number of benzene rings is 2. The van der Waals surface area contributed by atoms with E-state index in [0.717, 1.165) is 71.9 Å². The van der Waals surface area contributed by atoms with Crippen molar-refractivity contribution >= 4 is 55.9 Å². The summed E-state index contributed by atoms with van der Waals surface area (Å²) in [5.41, 5.74) is 3.51. The lowest BCUT2D eigenvalue weighted by molar-refractivity contribution is -0.00495. The SMILES string of the molecule is O=C(O)c1ccc2nc(N3CC4CCC(OCc5c(-c6c(Cl)cccc6Cl)noc5C5CC5)CC4C3)sc2c1. The number of halogens is 2. The van der Waals surface area contributed by atoms with Crippen LogP contribution in [0.4, 0.5) is 5.13 Å². The van der Waals surface area contributed by atoms with E-state index in [2.05, 4.69) is 10.1 Å². The Morgan fingerprint density at radius 3 is 2.67 bits per heavy atom. The number of anilines is 1. The lowest BCUT2D eigenvalue weighted by Crippen LogP contribution is -2.28. The molecule has 10 heteroatoms. The Morgan fingerprint density at radius 2 is 1.90 bits per heavy atom. The van der Waals surface area contributed by atoms with Gasteiger partial charge in [-0.2, -0.15) is 0 Å². The molecule has 3 heterocycles. The third kappa shape index (κ3) is 4.82. The van der Waals surface area contributed by atoms with Gasteiger partial charge in [0.1, 0.15) is 11.5 Å². The highest BCUT2D eigenvalue weighted by molar-refractivity contribution is 7.22. The summed E-state index contributed by atoms with van der Waals surface area (Å²) in [4.78, 5) is 18.5. The molecule has 3 unspecified atom stereocenters. The molecule has 1 N–H and O–H groups in total. The van der Waals surface area contributed by atoms with Crippen LogP contribution in [0.15, 0.2) is 40.9 Å². The number of carboxylic acids is 1. The van der Waals surface area contributed by atoms with Crippen molar-refractivity contribution < 1.29 is 19.2 Å². The Kier molecular flexibility index (Phi) is 6.54. The summed E-state index contributed by atoms with van der Waals surface area (Å²) in [6, 6.07) is 10.6. The van der Waals surface area contributed by atoms with Gasteiger partial charge >= 0.3 is 5.97 Å². The predicted octanol–water partition coefficient (Wildman–Crippen LogP) is 7.66. The number of nitrogens with zero attached hydrogens (tertiary/aromatic N) is 3. The van der Waals surface area contributed by atoms with Crippen LogP contribution >= 0.6 is 34.5 Å². The monoisotopic (exact) mass is 583 g/mol. The molecule has 202 valence electrons. The summed E-state index contributed by atoms with van der Waals surface area (Å²) in [5.74, 6) is 1.53. The van der Waals surface area contributed by atoms with Crippen LogP contribution in [0.1, 0.15) is 59.7 Å². The van der Waals surface area contributed by atoms with E-state index in [-0.39, 0.29) is 6.10 Å². The van der Waals surface area contributed by atoms with Crippen molar-refractivity contribution in [2.75, 3.05) is 18.0 Å². The average Bonchev–Trinajstić information content (AvgIpc) is 3.34. The molecule has 2 aromatic heterocycles. The van der Waals surface area contributed by atoms with Crippen molar-refractivity contribution in [2.45, 2.75) is 50.7 Å². The third-order valence-corrected chi connectivity index (χ3v) is 10.0. The molecular weight excluding hydrogens is 557 g/mol.